The maximum Gasteiger partial charge on any atom is 0.198 e. The lowest BCUT2D eigenvalue weighted by Gasteiger charge is -2.53. The molecule has 1 aromatic rings. The first-order chi connectivity index (χ1) is 23.5. The van der Waals surface area contributed by atoms with Crippen molar-refractivity contribution in [3.63, 3.8) is 0 Å². The van der Waals surface area contributed by atoms with E-state index in [1.54, 1.807) is 33.8 Å². The molecule has 50 heavy (non-hydrogen) atoms. The number of hydrogen-bond donors (Lipinski definition) is 3. The Balaban J connectivity index is 1.12. The summed E-state index contributed by atoms with van der Waals surface area (Å²) in [6.07, 6.45) is 3.40. The summed E-state index contributed by atoms with van der Waals surface area (Å²) >= 11 is 0. The van der Waals surface area contributed by atoms with Gasteiger partial charge < -0.3 is 39.0 Å². The van der Waals surface area contributed by atoms with Crippen molar-refractivity contribution >= 4 is 28.9 Å². The molecule has 13 heteroatoms. The van der Waals surface area contributed by atoms with E-state index in [2.05, 4.69) is 0 Å². The minimum atomic E-state index is -2.79. The van der Waals surface area contributed by atoms with Gasteiger partial charge in [0.05, 0.1) is 35.0 Å². The highest BCUT2D eigenvalue weighted by atomic mass is 16.7. The van der Waals surface area contributed by atoms with Gasteiger partial charge in [-0.3, -0.25) is 24.0 Å². The Kier molecular flexibility index (Phi) is 8.34. The molecule has 0 amide bonds. The fourth-order valence-electron chi connectivity index (χ4n) is 7.83. The predicted octanol–water partition coefficient (Wildman–Crippen LogP) is 2.60. The van der Waals surface area contributed by atoms with E-state index in [0.29, 0.717) is 12.8 Å². The smallest absolute Gasteiger partial charge is 0.198 e. The molecule has 2 fully saturated rings. The lowest BCUT2D eigenvalue weighted by Crippen LogP contribution is -2.69. The fraction of sp³-hybridized carbons (Fsp3) is 0.486. The maximum absolute atomic E-state index is 14.1. The SMILES string of the molecule is CC1OC(OC2CCC(c3ccc4c(c3O)C(=O)C3=C(C4=O)C4(O)C(=O)CC(C)(OC5C=CC(=O)C(C)O5)CC4(O)C=C3)OC2C)C=CC1=O. The molecule has 264 valence electrons. The zero-order chi connectivity index (χ0) is 35.9. The van der Waals surface area contributed by atoms with Crippen molar-refractivity contribution in [1.29, 1.82) is 0 Å². The van der Waals surface area contributed by atoms with Gasteiger partial charge in [-0.15, -0.1) is 0 Å². The molecule has 13 nitrogen and oxygen atoms in total. The number of Topliss-reactive ketones (excluding diaryl/α,β-unsaturated/α-hetero) is 3. The Hall–Kier alpha value is -3.95. The second kappa shape index (κ2) is 12.1. The third kappa shape index (κ3) is 5.39. The molecule has 3 N–H and O–H groups in total. The van der Waals surface area contributed by atoms with Crippen LogP contribution in [0.1, 0.15) is 85.8 Å². The number of carbonyl (C=O) groups is 5. The van der Waals surface area contributed by atoms with Crippen molar-refractivity contribution in [1.82, 2.24) is 0 Å². The highest BCUT2D eigenvalue weighted by Crippen LogP contribution is 2.53. The molecular weight excluding hydrogens is 652 g/mol. The van der Waals surface area contributed by atoms with Crippen molar-refractivity contribution < 1.29 is 63.0 Å². The van der Waals surface area contributed by atoms with E-state index in [-0.39, 0.29) is 46.4 Å². The Bertz CT molecular complexity index is 1840. The van der Waals surface area contributed by atoms with Crippen molar-refractivity contribution in [2.24, 2.45) is 0 Å². The average molecular weight is 691 g/mol. The molecule has 10 unspecified atom stereocenters. The summed E-state index contributed by atoms with van der Waals surface area (Å²) in [5.74, 6) is -3.50. The maximum atomic E-state index is 14.1. The first kappa shape index (κ1) is 34.5. The van der Waals surface area contributed by atoms with Crippen LogP contribution >= 0.6 is 0 Å². The molecule has 3 aliphatic carbocycles. The number of benzene rings is 1. The Labute approximate surface area is 287 Å². The van der Waals surface area contributed by atoms with Crippen LogP contribution in [0.3, 0.4) is 0 Å². The number of phenolic OH excluding ortho intramolecular Hbond substituents is 1. The summed E-state index contributed by atoms with van der Waals surface area (Å²) in [5.41, 5.74) is -7.64. The van der Waals surface area contributed by atoms with Crippen LogP contribution in [0.25, 0.3) is 0 Å². The third-order valence-electron chi connectivity index (χ3n) is 10.5. The number of ether oxygens (including phenoxy) is 5. The van der Waals surface area contributed by atoms with Gasteiger partial charge in [0.2, 0.25) is 0 Å². The van der Waals surface area contributed by atoms with Crippen molar-refractivity contribution in [2.75, 3.05) is 0 Å². The highest BCUT2D eigenvalue weighted by molar-refractivity contribution is 6.32. The van der Waals surface area contributed by atoms with Crippen LogP contribution in [0, 0.1) is 0 Å². The molecule has 1 aromatic carbocycles. The lowest BCUT2D eigenvalue weighted by molar-refractivity contribution is -0.237. The Morgan fingerprint density at radius 1 is 0.840 bits per heavy atom. The number of fused-ring (bicyclic) bond motifs is 3. The lowest BCUT2D eigenvalue weighted by atomic mass is 9.57. The zero-order valence-corrected chi connectivity index (χ0v) is 27.9. The van der Waals surface area contributed by atoms with Crippen LogP contribution in [-0.2, 0) is 38.1 Å². The van der Waals surface area contributed by atoms with Crippen molar-refractivity contribution in [3.8, 4) is 5.75 Å². The molecule has 3 heterocycles. The number of carbonyl (C=O) groups excluding carboxylic acids is 5. The summed E-state index contributed by atoms with van der Waals surface area (Å²) in [6, 6.07) is 2.82. The second-order valence-electron chi connectivity index (χ2n) is 14.1. The fourth-order valence-corrected chi connectivity index (χ4v) is 7.83. The number of ketones is 5. The van der Waals surface area contributed by atoms with E-state index in [4.69, 9.17) is 23.7 Å². The van der Waals surface area contributed by atoms with Crippen LogP contribution < -0.4 is 0 Å². The molecule has 0 spiro atoms. The molecule has 0 aromatic heterocycles. The number of phenols is 1. The van der Waals surface area contributed by atoms with Gasteiger partial charge in [-0.25, -0.2) is 0 Å². The van der Waals surface area contributed by atoms with Crippen molar-refractivity contribution in [3.05, 3.63) is 76.4 Å². The number of aromatic hydroxyl groups is 1. The van der Waals surface area contributed by atoms with E-state index in [1.165, 1.54) is 36.4 Å². The number of aliphatic hydroxyl groups is 2. The van der Waals surface area contributed by atoms with Gasteiger partial charge in [-0.05, 0) is 77.0 Å². The van der Waals surface area contributed by atoms with Gasteiger partial charge in [-0.2, -0.15) is 0 Å². The number of hydrogen-bond acceptors (Lipinski definition) is 13. The van der Waals surface area contributed by atoms with Gasteiger partial charge in [0.25, 0.3) is 0 Å². The molecule has 0 bridgehead atoms. The first-order valence-corrected chi connectivity index (χ1v) is 16.7. The molecule has 1 saturated heterocycles. The molecule has 3 aliphatic heterocycles. The largest absolute Gasteiger partial charge is 0.507 e. The Morgan fingerprint density at radius 3 is 2.16 bits per heavy atom. The normalized spacial score (nSPS) is 39.8. The summed E-state index contributed by atoms with van der Waals surface area (Å²) < 4.78 is 29.4. The van der Waals surface area contributed by atoms with Crippen LogP contribution in [0.2, 0.25) is 0 Å². The van der Waals surface area contributed by atoms with Crippen molar-refractivity contribution in [2.45, 2.75) is 113 Å². The van der Waals surface area contributed by atoms with Crippen LogP contribution in [0.5, 0.6) is 5.75 Å². The first-order valence-electron chi connectivity index (χ1n) is 16.7. The van der Waals surface area contributed by atoms with Crippen LogP contribution in [0.4, 0.5) is 0 Å². The van der Waals surface area contributed by atoms with Gasteiger partial charge in [0.1, 0.15) is 23.6 Å². The number of allylic oxidation sites excluding steroid dienone is 2. The second-order valence-corrected chi connectivity index (χ2v) is 14.1. The number of rotatable bonds is 5. The van der Waals surface area contributed by atoms with Gasteiger partial charge in [0, 0.05) is 29.5 Å². The summed E-state index contributed by atoms with van der Waals surface area (Å²) in [6.45, 7) is 6.54. The third-order valence-corrected chi connectivity index (χ3v) is 10.5. The zero-order valence-electron chi connectivity index (χ0n) is 27.9. The van der Waals surface area contributed by atoms with E-state index >= 15 is 0 Å². The van der Waals surface area contributed by atoms with Crippen LogP contribution in [0.15, 0.2) is 59.7 Å². The summed E-state index contributed by atoms with van der Waals surface area (Å²) in [7, 11) is 0. The van der Waals surface area contributed by atoms with Gasteiger partial charge in [-0.1, -0.05) is 12.1 Å². The van der Waals surface area contributed by atoms with E-state index in [9.17, 15) is 39.3 Å². The summed E-state index contributed by atoms with van der Waals surface area (Å²) in [4.78, 5) is 65.5. The van der Waals surface area contributed by atoms with E-state index < -0.39 is 88.9 Å². The Morgan fingerprint density at radius 2 is 1.50 bits per heavy atom. The van der Waals surface area contributed by atoms with E-state index in [1.807, 2.05) is 0 Å². The molecule has 6 aliphatic rings. The molecule has 1 saturated carbocycles. The highest BCUT2D eigenvalue weighted by Gasteiger charge is 2.67. The quantitative estimate of drug-likeness (QED) is 0.409. The molecular formula is C37H38O13. The van der Waals surface area contributed by atoms with Gasteiger partial charge >= 0.3 is 0 Å². The topological polar surface area (TPSA) is 192 Å². The molecule has 7 rings (SSSR count). The van der Waals surface area contributed by atoms with Crippen LogP contribution in [-0.4, -0.2) is 98.0 Å². The average Bonchev–Trinajstić information content (AvgIpc) is 3.05. The predicted molar refractivity (Wildman–Crippen MR) is 171 cm³/mol. The van der Waals surface area contributed by atoms with E-state index in [0.717, 1.165) is 6.08 Å². The van der Waals surface area contributed by atoms with Gasteiger partial charge in [0.15, 0.2) is 47.1 Å². The standard InChI is InChI=1S/C37H38O13/c1-17-23(38)7-11-28(47-17)49-25-9-10-26(46-19(25)3)20-5-6-21-30(32(20)41)33(42)22-13-14-36(44)16-35(4,50-29-12-8-24(39)18(2)48-29)15-27(40)37(36,45)31(22)34(21)43/h5-8,11-14,17-19,25-26,28-29,41,44-45H,9-10,15-16H2,1-4H3. The minimum absolute atomic E-state index is 0.151. The summed E-state index contributed by atoms with van der Waals surface area (Å²) in [5, 5.41) is 35.3. The molecule has 10 atom stereocenters. The monoisotopic (exact) mass is 690 g/mol. The minimum Gasteiger partial charge on any atom is -0.507 e. The molecule has 0 radical (unpaired) electrons.